The van der Waals surface area contributed by atoms with E-state index in [4.69, 9.17) is 20.8 Å². The van der Waals surface area contributed by atoms with E-state index in [0.29, 0.717) is 10.8 Å². The number of furan rings is 1. The van der Waals surface area contributed by atoms with E-state index in [2.05, 4.69) is 17.2 Å². The molecule has 0 unspecified atom stereocenters. The first-order valence-electron chi connectivity index (χ1n) is 8.57. The highest BCUT2D eigenvalue weighted by molar-refractivity contribution is 6.30. The van der Waals surface area contributed by atoms with Gasteiger partial charge in [0.05, 0.1) is 17.7 Å². The van der Waals surface area contributed by atoms with Gasteiger partial charge in [0, 0.05) is 17.1 Å². The van der Waals surface area contributed by atoms with E-state index in [1.54, 1.807) is 18.4 Å². The summed E-state index contributed by atoms with van der Waals surface area (Å²) in [6.45, 7) is 3.57. The van der Waals surface area contributed by atoms with Crippen LogP contribution in [0.4, 0.5) is 5.82 Å². The van der Waals surface area contributed by atoms with Crippen molar-refractivity contribution >= 4 is 40.3 Å². The molecule has 0 fully saturated rings. The Bertz CT molecular complexity index is 966. The Morgan fingerprint density at radius 3 is 2.81 bits per heavy atom. The number of hydrogen-bond acceptors (Lipinski definition) is 5. The molecule has 0 saturated heterocycles. The number of carbonyl (C=O) groups is 2. The zero-order chi connectivity index (χ0) is 19.4. The van der Waals surface area contributed by atoms with Crippen LogP contribution in [0.5, 0.6) is 0 Å². The minimum atomic E-state index is -0.958. The molecule has 1 N–H and O–H groups in total. The topological polar surface area (TPSA) is 81.4 Å². The summed E-state index contributed by atoms with van der Waals surface area (Å²) in [7, 11) is 0. The summed E-state index contributed by atoms with van der Waals surface area (Å²) in [5.74, 6) is -0.647. The minimum absolute atomic E-state index is 0.0231. The van der Waals surface area contributed by atoms with Crippen LogP contribution in [0.25, 0.3) is 11.0 Å². The van der Waals surface area contributed by atoms with Crippen molar-refractivity contribution in [3.63, 3.8) is 0 Å². The summed E-state index contributed by atoms with van der Waals surface area (Å²) in [6, 6.07) is 9.07. The number of halogens is 1. The van der Waals surface area contributed by atoms with E-state index in [-0.39, 0.29) is 6.42 Å². The maximum Gasteiger partial charge on any atom is 0.311 e. The Balaban J connectivity index is 1.60. The van der Waals surface area contributed by atoms with Crippen molar-refractivity contribution in [3.05, 3.63) is 58.9 Å². The number of fused-ring (bicyclic) bond motifs is 1. The lowest BCUT2D eigenvalue weighted by atomic mass is 10.1. The summed E-state index contributed by atoms with van der Waals surface area (Å²) in [5.41, 5.74) is 2.62. The number of rotatable bonds is 6. The van der Waals surface area contributed by atoms with Crippen LogP contribution in [-0.4, -0.2) is 23.0 Å². The van der Waals surface area contributed by atoms with Gasteiger partial charge in [-0.15, -0.1) is 0 Å². The van der Waals surface area contributed by atoms with E-state index in [1.165, 1.54) is 13.1 Å². The highest BCUT2D eigenvalue weighted by Crippen LogP contribution is 2.23. The van der Waals surface area contributed by atoms with Gasteiger partial charge in [0.25, 0.3) is 5.91 Å². The maximum absolute atomic E-state index is 12.2. The molecule has 6 nitrogen and oxygen atoms in total. The Morgan fingerprint density at radius 2 is 2.11 bits per heavy atom. The first-order chi connectivity index (χ1) is 13.0. The molecule has 2 heterocycles. The van der Waals surface area contributed by atoms with E-state index in [0.717, 1.165) is 28.5 Å². The third-order valence-electron chi connectivity index (χ3n) is 4.12. The van der Waals surface area contributed by atoms with Gasteiger partial charge in [0.2, 0.25) is 0 Å². The van der Waals surface area contributed by atoms with Gasteiger partial charge in [-0.3, -0.25) is 9.59 Å². The van der Waals surface area contributed by atoms with Gasteiger partial charge in [-0.05, 0) is 37.1 Å². The van der Waals surface area contributed by atoms with Gasteiger partial charge in [0.1, 0.15) is 11.4 Å². The van der Waals surface area contributed by atoms with Crippen LogP contribution in [0.15, 0.2) is 47.2 Å². The molecule has 0 saturated carbocycles. The quantitative estimate of drug-likeness (QED) is 0.643. The fourth-order valence-corrected chi connectivity index (χ4v) is 2.72. The Labute approximate surface area is 161 Å². The monoisotopic (exact) mass is 386 g/mol. The summed E-state index contributed by atoms with van der Waals surface area (Å²) < 4.78 is 10.8. The van der Waals surface area contributed by atoms with E-state index >= 15 is 0 Å². The highest BCUT2D eigenvalue weighted by atomic mass is 35.5. The van der Waals surface area contributed by atoms with Crippen LogP contribution in [0.3, 0.4) is 0 Å². The average Bonchev–Trinajstić information content (AvgIpc) is 3.05. The lowest BCUT2D eigenvalue weighted by Crippen LogP contribution is -2.30. The number of aryl methyl sites for hydroxylation is 1. The zero-order valence-electron chi connectivity index (χ0n) is 15.0. The van der Waals surface area contributed by atoms with Crippen molar-refractivity contribution in [2.45, 2.75) is 32.8 Å². The first-order valence-corrected chi connectivity index (χ1v) is 8.95. The molecule has 0 bridgehead atoms. The molecule has 0 aliphatic heterocycles. The van der Waals surface area contributed by atoms with Crippen LogP contribution in [0, 0.1) is 0 Å². The van der Waals surface area contributed by atoms with Gasteiger partial charge in [0.15, 0.2) is 6.10 Å². The standard InChI is InChI=1S/C20H19ClN2O4/c1-3-13-4-6-16-14(11-26-17(16)8-13)9-19(24)27-12(2)20(25)23-18-7-5-15(21)10-22-18/h4-8,10-12H,3,9H2,1-2H3,(H,22,23,25)/t12-/m1/s1. The van der Waals surface area contributed by atoms with Crippen LogP contribution < -0.4 is 5.32 Å². The Hall–Kier alpha value is -2.86. The summed E-state index contributed by atoms with van der Waals surface area (Å²) in [5, 5.41) is 3.90. The van der Waals surface area contributed by atoms with Crippen molar-refractivity contribution in [1.29, 1.82) is 0 Å². The Morgan fingerprint density at radius 1 is 1.30 bits per heavy atom. The lowest BCUT2D eigenvalue weighted by molar-refractivity contribution is -0.152. The summed E-state index contributed by atoms with van der Waals surface area (Å²) in [4.78, 5) is 28.3. The van der Waals surface area contributed by atoms with Gasteiger partial charge >= 0.3 is 5.97 Å². The molecule has 0 aliphatic rings. The van der Waals surface area contributed by atoms with Crippen molar-refractivity contribution in [3.8, 4) is 0 Å². The number of benzene rings is 1. The van der Waals surface area contributed by atoms with E-state index < -0.39 is 18.0 Å². The van der Waals surface area contributed by atoms with E-state index in [9.17, 15) is 9.59 Å². The lowest BCUT2D eigenvalue weighted by Gasteiger charge is -2.13. The fourth-order valence-electron chi connectivity index (χ4n) is 2.61. The number of ether oxygens (including phenoxy) is 1. The third-order valence-corrected chi connectivity index (χ3v) is 4.34. The molecule has 1 aromatic carbocycles. The molecule has 0 radical (unpaired) electrons. The van der Waals surface area contributed by atoms with Gasteiger partial charge in [-0.2, -0.15) is 0 Å². The van der Waals surface area contributed by atoms with Crippen LogP contribution >= 0.6 is 11.6 Å². The SMILES string of the molecule is CCc1ccc2c(CC(=O)O[C@H](C)C(=O)Nc3ccc(Cl)cn3)coc2c1. The first kappa shape index (κ1) is 18.9. The van der Waals surface area contributed by atoms with Crippen molar-refractivity contribution in [1.82, 2.24) is 4.98 Å². The molecule has 1 atom stereocenters. The smallest absolute Gasteiger partial charge is 0.311 e. The third kappa shape index (κ3) is 4.65. The highest BCUT2D eigenvalue weighted by Gasteiger charge is 2.20. The average molecular weight is 387 g/mol. The molecular weight excluding hydrogens is 368 g/mol. The normalized spacial score (nSPS) is 12.0. The molecule has 140 valence electrons. The summed E-state index contributed by atoms with van der Waals surface area (Å²) >= 11 is 5.75. The molecule has 0 spiro atoms. The fraction of sp³-hybridized carbons (Fsp3) is 0.250. The van der Waals surface area contributed by atoms with Gasteiger partial charge in [-0.25, -0.2) is 4.98 Å². The number of anilines is 1. The Kier molecular flexibility index (Phi) is 5.76. The van der Waals surface area contributed by atoms with Crippen molar-refractivity contribution < 1.29 is 18.7 Å². The second kappa shape index (κ2) is 8.22. The molecule has 27 heavy (non-hydrogen) atoms. The second-order valence-electron chi connectivity index (χ2n) is 6.10. The summed E-state index contributed by atoms with van der Waals surface area (Å²) in [6.07, 6.45) is 2.94. The van der Waals surface area contributed by atoms with Gasteiger partial charge < -0.3 is 14.5 Å². The molecule has 7 heteroatoms. The minimum Gasteiger partial charge on any atom is -0.464 e. The molecule has 2 aromatic heterocycles. The largest absolute Gasteiger partial charge is 0.464 e. The van der Waals surface area contributed by atoms with Crippen LogP contribution in [0.2, 0.25) is 5.02 Å². The zero-order valence-corrected chi connectivity index (χ0v) is 15.7. The number of nitrogens with zero attached hydrogens (tertiary/aromatic N) is 1. The molecule has 1 amide bonds. The number of pyridine rings is 1. The molecule has 3 aromatic rings. The van der Waals surface area contributed by atoms with Gasteiger partial charge in [-0.1, -0.05) is 30.7 Å². The van der Waals surface area contributed by atoms with Crippen molar-refractivity contribution in [2.24, 2.45) is 0 Å². The van der Waals surface area contributed by atoms with Crippen molar-refractivity contribution in [2.75, 3.05) is 5.32 Å². The predicted octanol–water partition coefficient (Wildman–Crippen LogP) is 4.16. The number of aromatic nitrogens is 1. The number of esters is 1. The van der Waals surface area contributed by atoms with Crippen LogP contribution in [-0.2, 0) is 27.2 Å². The maximum atomic E-state index is 12.2. The number of amides is 1. The van der Waals surface area contributed by atoms with Crippen LogP contribution in [0.1, 0.15) is 25.0 Å². The second-order valence-corrected chi connectivity index (χ2v) is 6.54. The predicted molar refractivity (Wildman–Crippen MR) is 103 cm³/mol. The molecular formula is C20H19ClN2O4. The van der Waals surface area contributed by atoms with E-state index in [1.807, 2.05) is 18.2 Å². The number of hydrogen-bond donors (Lipinski definition) is 1. The molecule has 3 rings (SSSR count). The number of nitrogens with one attached hydrogen (secondary N) is 1. The molecule has 0 aliphatic carbocycles. The number of carbonyl (C=O) groups excluding carboxylic acids is 2.